The molecule has 0 bridgehead atoms. The summed E-state index contributed by atoms with van der Waals surface area (Å²) in [6.07, 6.45) is 3.26. The van der Waals surface area contributed by atoms with Crippen LogP contribution in [0.15, 0.2) is 30.5 Å². The van der Waals surface area contributed by atoms with Crippen LogP contribution in [-0.2, 0) is 23.2 Å². The second-order valence-electron chi connectivity index (χ2n) is 8.06. The van der Waals surface area contributed by atoms with Crippen molar-refractivity contribution in [3.05, 3.63) is 58.4 Å². The van der Waals surface area contributed by atoms with Crippen molar-refractivity contribution in [3.8, 4) is 0 Å². The van der Waals surface area contributed by atoms with Gasteiger partial charge in [0.25, 0.3) is 0 Å². The summed E-state index contributed by atoms with van der Waals surface area (Å²) in [7, 11) is 0. The Hall–Kier alpha value is -2.20. The molecule has 3 rings (SSSR count). The van der Waals surface area contributed by atoms with E-state index in [1.807, 2.05) is 30.9 Å². The molecule has 0 radical (unpaired) electrons. The zero-order valence-corrected chi connectivity index (χ0v) is 16.5. The summed E-state index contributed by atoms with van der Waals surface area (Å²) < 4.78 is 0. The SMILES string of the molecule is CCc1cc2c(cc1C(C)N)N(Cc1ccnc(C)c1)C(=O)CC2(C)C. The van der Waals surface area contributed by atoms with Crippen LogP contribution >= 0.6 is 0 Å². The molecular formula is C22H29N3O. The molecule has 2 aromatic rings. The molecule has 4 nitrogen and oxygen atoms in total. The van der Waals surface area contributed by atoms with Gasteiger partial charge in [-0.25, -0.2) is 0 Å². The average Bonchev–Trinajstić information content (AvgIpc) is 2.57. The minimum Gasteiger partial charge on any atom is -0.324 e. The van der Waals surface area contributed by atoms with Crippen LogP contribution in [-0.4, -0.2) is 10.9 Å². The van der Waals surface area contributed by atoms with Gasteiger partial charge in [0, 0.05) is 35.5 Å². The van der Waals surface area contributed by atoms with Crippen molar-refractivity contribution >= 4 is 11.6 Å². The Kier molecular flexibility index (Phi) is 4.89. The van der Waals surface area contributed by atoms with Crippen molar-refractivity contribution in [2.24, 2.45) is 5.73 Å². The zero-order valence-electron chi connectivity index (χ0n) is 16.5. The van der Waals surface area contributed by atoms with E-state index in [2.05, 4.69) is 37.9 Å². The van der Waals surface area contributed by atoms with E-state index in [0.717, 1.165) is 28.9 Å². The number of anilines is 1. The van der Waals surface area contributed by atoms with Gasteiger partial charge in [-0.05, 0) is 60.7 Å². The first-order valence-corrected chi connectivity index (χ1v) is 9.37. The Labute approximate surface area is 156 Å². The molecular weight excluding hydrogens is 322 g/mol. The minimum atomic E-state index is -0.169. The summed E-state index contributed by atoms with van der Waals surface area (Å²) in [6.45, 7) is 11.0. The zero-order chi connectivity index (χ0) is 19.1. The Morgan fingerprint density at radius 1 is 1.31 bits per heavy atom. The molecule has 1 aliphatic rings. The van der Waals surface area contributed by atoms with Gasteiger partial charge in [-0.3, -0.25) is 9.78 Å². The summed E-state index contributed by atoms with van der Waals surface area (Å²) in [4.78, 5) is 19.2. The highest BCUT2D eigenvalue weighted by atomic mass is 16.2. The van der Waals surface area contributed by atoms with Gasteiger partial charge in [0.2, 0.25) is 5.91 Å². The number of hydrogen-bond donors (Lipinski definition) is 1. The Morgan fingerprint density at radius 2 is 2.04 bits per heavy atom. The number of carbonyl (C=O) groups excluding carboxylic acids is 1. The number of rotatable bonds is 4. The highest BCUT2D eigenvalue weighted by Crippen LogP contribution is 2.43. The maximum absolute atomic E-state index is 13.0. The summed E-state index contributed by atoms with van der Waals surface area (Å²) in [5.41, 5.74) is 12.8. The second kappa shape index (κ2) is 6.84. The number of aromatic nitrogens is 1. The van der Waals surface area contributed by atoms with Gasteiger partial charge in [-0.15, -0.1) is 0 Å². The first-order chi connectivity index (χ1) is 12.2. The summed E-state index contributed by atoms with van der Waals surface area (Å²) >= 11 is 0. The van der Waals surface area contributed by atoms with E-state index in [1.54, 1.807) is 6.20 Å². The number of nitrogens with two attached hydrogens (primary N) is 1. The summed E-state index contributed by atoms with van der Waals surface area (Å²) in [5.74, 6) is 0.164. The fourth-order valence-electron chi connectivity index (χ4n) is 3.91. The lowest BCUT2D eigenvalue weighted by Gasteiger charge is -2.40. The van der Waals surface area contributed by atoms with Crippen LogP contribution in [0.4, 0.5) is 5.69 Å². The van der Waals surface area contributed by atoms with Gasteiger partial charge in [0.1, 0.15) is 0 Å². The van der Waals surface area contributed by atoms with Crippen LogP contribution in [0.25, 0.3) is 0 Å². The molecule has 1 aliphatic heterocycles. The third kappa shape index (κ3) is 3.38. The first-order valence-electron chi connectivity index (χ1n) is 9.37. The number of fused-ring (bicyclic) bond motifs is 1. The lowest BCUT2D eigenvalue weighted by Crippen LogP contribution is -2.42. The van der Waals surface area contributed by atoms with E-state index in [0.29, 0.717) is 13.0 Å². The number of hydrogen-bond acceptors (Lipinski definition) is 3. The van der Waals surface area contributed by atoms with E-state index in [-0.39, 0.29) is 17.4 Å². The van der Waals surface area contributed by atoms with Crippen molar-refractivity contribution in [3.63, 3.8) is 0 Å². The van der Waals surface area contributed by atoms with Crippen LogP contribution in [0.1, 0.15) is 68.1 Å². The van der Waals surface area contributed by atoms with Crippen molar-refractivity contribution in [2.75, 3.05) is 4.90 Å². The van der Waals surface area contributed by atoms with Gasteiger partial charge >= 0.3 is 0 Å². The maximum Gasteiger partial charge on any atom is 0.228 e. The Balaban J connectivity index is 2.13. The molecule has 0 aliphatic carbocycles. The monoisotopic (exact) mass is 351 g/mol. The summed E-state index contributed by atoms with van der Waals surface area (Å²) in [6, 6.07) is 8.38. The van der Waals surface area contributed by atoms with E-state index in [1.165, 1.54) is 11.1 Å². The number of nitrogens with zero attached hydrogens (tertiary/aromatic N) is 2. The van der Waals surface area contributed by atoms with Crippen LogP contribution < -0.4 is 10.6 Å². The second-order valence-corrected chi connectivity index (χ2v) is 8.06. The quantitative estimate of drug-likeness (QED) is 0.898. The maximum atomic E-state index is 13.0. The average molecular weight is 351 g/mol. The van der Waals surface area contributed by atoms with Crippen molar-refractivity contribution in [2.45, 2.75) is 65.5 Å². The molecule has 1 aromatic carbocycles. The topological polar surface area (TPSA) is 59.2 Å². The van der Waals surface area contributed by atoms with E-state index in [4.69, 9.17) is 5.73 Å². The van der Waals surface area contributed by atoms with Gasteiger partial charge in [-0.1, -0.05) is 26.8 Å². The smallest absolute Gasteiger partial charge is 0.228 e. The van der Waals surface area contributed by atoms with E-state index < -0.39 is 0 Å². The summed E-state index contributed by atoms with van der Waals surface area (Å²) in [5, 5.41) is 0. The van der Waals surface area contributed by atoms with Crippen LogP contribution in [0.3, 0.4) is 0 Å². The molecule has 0 spiro atoms. The molecule has 0 saturated heterocycles. The minimum absolute atomic E-state index is 0.0552. The number of aryl methyl sites for hydroxylation is 2. The lowest BCUT2D eigenvalue weighted by atomic mass is 9.75. The standard InChI is InChI=1S/C22H29N3O/c1-6-17-10-19-20(11-18(17)15(3)23)25(21(26)12-22(19,4)5)13-16-7-8-24-14(2)9-16/h7-11,15H,6,12-13,23H2,1-5H3. The van der Waals surface area contributed by atoms with Crippen molar-refractivity contribution < 1.29 is 4.79 Å². The molecule has 4 heteroatoms. The van der Waals surface area contributed by atoms with Crippen molar-refractivity contribution in [1.29, 1.82) is 0 Å². The molecule has 1 atom stereocenters. The highest BCUT2D eigenvalue weighted by molar-refractivity contribution is 5.98. The number of pyridine rings is 1. The molecule has 0 fully saturated rings. The molecule has 1 unspecified atom stereocenters. The van der Waals surface area contributed by atoms with E-state index >= 15 is 0 Å². The van der Waals surface area contributed by atoms with Crippen molar-refractivity contribution in [1.82, 2.24) is 4.98 Å². The van der Waals surface area contributed by atoms with Gasteiger partial charge < -0.3 is 10.6 Å². The fourth-order valence-corrected chi connectivity index (χ4v) is 3.91. The molecule has 2 heterocycles. The van der Waals surface area contributed by atoms with Crippen LogP contribution in [0.5, 0.6) is 0 Å². The Morgan fingerprint density at radius 3 is 2.65 bits per heavy atom. The molecule has 26 heavy (non-hydrogen) atoms. The fraction of sp³-hybridized carbons (Fsp3) is 0.455. The lowest BCUT2D eigenvalue weighted by molar-refractivity contribution is -0.120. The third-order valence-electron chi connectivity index (χ3n) is 5.34. The molecule has 0 saturated carbocycles. The number of amides is 1. The third-order valence-corrected chi connectivity index (χ3v) is 5.34. The van der Waals surface area contributed by atoms with Gasteiger partial charge in [-0.2, -0.15) is 0 Å². The molecule has 1 amide bonds. The van der Waals surface area contributed by atoms with Gasteiger partial charge in [0.05, 0.1) is 6.54 Å². The van der Waals surface area contributed by atoms with E-state index in [9.17, 15) is 4.79 Å². The van der Waals surface area contributed by atoms with Crippen LogP contribution in [0.2, 0.25) is 0 Å². The number of carbonyl (C=O) groups is 1. The molecule has 1 aromatic heterocycles. The van der Waals surface area contributed by atoms with Gasteiger partial charge in [0.15, 0.2) is 0 Å². The number of benzene rings is 1. The molecule has 138 valence electrons. The van der Waals surface area contributed by atoms with Crippen LogP contribution in [0, 0.1) is 6.92 Å². The predicted molar refractivity (Wildman–Crippen MR) is 106 cm³/mol. The highest BCUT2D eigenvalue weighted by Gasteiger charge is 2.37. The Bertz CT molecular complexity index is 839. The molecule has 2 N–H and O–H groups in total. The first kappa shape index (κ1) is 18.6. The predicted octanol–water partition coefficient (Wildman–Crippen LogP) is 4.19. The normalized spacial score (nSPS) is 17.2. The largest absolute Gasteiger partial charge is 0.324 e.